The Labute approximate surface area is 188 Å². The molecular formula is C26H29N3O3. The SMILES string of the molecule is CCN1c2ccc(/C=C3\C(=O)NC(=O)N(c4ccc(C)cc4)C3=O)cc2[C@@H](C)CC1(C)C. The van der Waals surface area contributed by atoms with Gasteiger partial charge in [-0.1, -0.05) is 30.7 Å². The quantitative estimate of drug-likeness (QED) is 0.561. The van der Waals surface area contributed by atoms with Crippen molar-refractivity contribution in [2.24, 2.45) is 0 Å². The average Bonchev–Trinajstić information content (AvgIpc) is 2.72. The molecule has 0 spiro atoms. The van der Waals surface area contributed by atoms with E-state index in [0.717, 1.165) is 29.0 Å². The fraction of sp³-hybridized carbons (Fsp3) is 0.346. The molecule has 1 N–H and O–H groups in total. The zero-order valence-electron chi connectivity index (χ0n) is 19.2. The van der Waals surface area contributed by atoms with Gasteiger partial charge in [-0.2, -0.15) is 0 Å². The Morgan fingerprint density at radius 1 is 1.09 bits per heavy atom. The van der Waals surface area contributed by atoms with Crippen LogP contribution >= 0.6 is 0 Å². The van der Waals surface area contributed by atoms with Gasteiger partial charge in [0.05, 0.1) is 5.69 Å². The molecule has 32 heavy (non-hydrogen) atoms. The van der Waals surface area contributed by atoms with Crippen LogP contribution in [0.3, 0.4) is 0 Å². The predicted molar refractivity (Wildman–Crippen MR) is 127 cm³/mol. The molecule has 0 aromatic heterocycles. The molecule has 1 atom stereocenters. The topological polar surface area (TPSA) is 69.7 Å². The number of nitrogens with one attached hydrogen (secondary N) is 1. The van der Waals surface area contributed by atoms with Crippen LogP contribution in [0.2, 0.25) is 0 Å². The predicted octanol–water partition coefficient (Wildman–Crippen LogP) is 4.77. The van der Waals surface area contributed by atoms with Gasteiger partial charge in [-0.3, -0.25) is 14.9 Å². The number of imide groups is 2. The highest BCUT2D eigenvalue weighted by molar-refractivity contribution is 6.39. The smallest absolute Gasteiger partial charge is 0.335 e. The molecule has 2 aliphatic rings. The van der Waals surface area contributed by atoms with Crippen molar-refractivity contribution in [2.45, 2.75) is 52.5 Å². The Kier molecular flexibility index (Phi) is 5.41. The Morgan fingerprint density at radius 2 is 1.78 bits per heavy atom. The molecule has 0 saturated carbocycles. The van der Waals surface area contributed by atoms with Crippen LogP contribution in [0.25, 0.3) is 6.08 Å². The number of fused-ring (bicyclic) bond motifs is 1. The van der Waals surface area contributed by atoms with Crippen LogP contribution in [0.1, 0.15) is 56.7 Å². The second-order valence-electron chi connectivity index (χ2n) is 9.27. The van der Waals surface area contributed by atoms with E-state index < -0.39 is 17.8 Å². The van der Waals surface area contributed by atoms with E-state index in [0.29, 0.717) is 11.6 Å². The first-order chi connectivity index (χ1) is 15.1. The van der Waals surface area contributed by atoms with Crippen LogP contribution < -0.4 is 15.1 Å². The summed E-state index contributed by atoms with van der Waals surface area (Å²) in [6.07, 6.45) is 2.59. The highest BCUT2D eigenvalue weighted by Crippen LogP contribution is 2.43. The summed E-state index contributed by atoms with van der Waals surface area (Å²) in [6.45, 7) is 11.7. The average molecular weight is 432 g/mol. The zero-order chi connectivity index (χ0) is 23.2. The van der Waals surface area contributed by atoms with Gasteiger partial charge < -0.3 is 4.90 Å². The number of hydrogen-bond donors (Lipinski definition) is 1. The third kappa shape index (κ3) is 3.70. The molecule has 0 unspecified atom stereocenters. The summed E-state index contributed by atoms with van der Waals surface area (Å²) in [5.74, 6) is -0.946. The van der Waals surface area contributed by atoms with Crippen LogP contribution in [0.15, 0.2) is 48.0 Å². The molecular weight excluding hydrogens is 402 g/mol. The second kappa shape index (κ2) is 7.93. The monoisotopic (exact) mass is 431 g/mol. The van der Waals surface area contributed by atoms with Crippen LogP contribution in [-0.4, -0.2) is 29.9 Å². The van der Waals surface area contributed by atoms with E-state index in [4.69, 9.17) is 0 Å². The molecule has 0 aliphatic carbocycles. The molecule has 2 aliphatic heterocycles. The fourth-order valence-electron chi connectivity index (χ4n) is 4.95. The fourth-order valence-corrected chi connectivity index (χ4v) is 4.95. The third-order valence-electron chi connectivity index (χ3n) is 6.43. The molecule has 166 valence electrons. The number of anilines is 2. The molecule has 6 nitrogen and oxygen atoms in total. The first kappa shape index (κ1) is 21.8. The largest absolute Gasteiger partial charge is 0.366 e. The minimum atomic E-state index is -0.735. The van der Waals surface area contributed by atoms with E-state index in [-0.39, 0.29) is 11.1 Å². The van der Waals surface area contributed by atoms with Gasteiger partial charge in [0.1, 0.15) is 5.57 Å². The maximum atomic E-state index is 13.1. The lowest BCUT2D eigenvalue weighted by atomic mass is 9.79. The summed E-state index contributed by atoms with van der Waals surface area (Å²) in [6, 6.07) is 12.3. The van der Waals surface area contributed by atoms with Crippen molar-refractivity contribution < 1.29 is 14.4 Å². The number of carbonyl (C=O) groups is 3. The molecule has 6 heteroatoms. The van der Waals surface area contributed by atoms with Gasteiger partial charge in [0.15, 0.2) is 0 Å². The van der Waals surface area contributed by atoms with Crippen molar-refractivity contribution in [3.63, 3.8) is 0 Å². The molecule has 0 bridgehead atoms. The Morgan fingerprint density at radius 3 is 2.44 bits per heavy atom. The van der Waals surface area contributed by atoms with Crippen LogP contribution in [0.4, 0.5) is 16.2 Å². The van der Waals surface area contributed by atoms with Crippen LogP contribution in [0.5, 0.6) is 0 Å². The summed E-state index contributed by atoms with van der Waals surface area (Å²) in [7, 11) is 0. The summed E-state index contributed by atoms with van der Waals surface area (Å²) in [5.41, 5.74) is 4.61. The number of amides is 4. The normalized spacial score (nSPS) is 21.6. The molecule has 2 aromatic carbocycles. The van der Waals surface area contributed by atoms with E-state index in [1.54, 1.807) is 18.2 Å². The Bertz CT molecular complexity index is 1130. The Hall–Kier alpha value is -3.41. The van der Waals surface area contributed by atoms with E-state index in [2.05, 4.69) is 50.0 Å². The maximum absolute atomic E-state index is 13.1. The van der Waals surface area contributed by atoms with Crippen molar-refractivity contribution >= 4 is 35.3 Å². The van der Waals surface area contributed by atoms with Crippen molar-refractivity contribution in [2.75, 3.05) is 16.3 Å². The lowest BCUT2D eigenvalue weighted by Gasteiger charge is -2.47. The van der Waals surface area contributed by atoms with Gasteiger partial charge in [0, 0.05) is 17.8 Å². The number of benzene rings is 2. The molecule has 2 aromatic rings. The number of hydrogen-bond acceptors (Lipinski definition) is 4. The first-order valence-electron chi connectivity index (χ1n) is 11.0. The van der Waals surface area contributed by atoms with Crippen LogP contribution in [0, 0.1) is 6.92 Å². The number of aryl methyl sites for hydroxylation is 1. The lowest BCUT2D eigenvalue weighted by molar-refractivity contribution is -0.122. The highest BCUT2D eigenvalue weighted by Gasteiger charge is 2.38. The van der Waals surface area contributed by atoms with Crippen molar-refractivity contribution in [1.29, 1.82) is 0 Å². The number of barbiturate groups is 1. The van der Waals surface area contributed by atoms with E-state index in [1.165, 1.54) is 11.3 Å². The number of urea groups is 1. The summed E-state index contributed by atoms with van der Waals surface area (Å²) >= 11 is 0. The lowest BCUT2D eigenvalue weighted by Crippen LogP contribution is -2.54. The minimum absolute atomic E-state index is 0.0544. The van der Waals surface area contributed by atoms with E-state index >= 15 is 0 Å². The molecule has 1 fully saturated rings. The van der Waals surface area contributed by atoms with Crippen molar-refractivity contribution in [3.05, 3.63) is 64.7 Å². The van der Waals surface area contributed by atoms with Crippen LogP contribution in [-0.2, 0) is 9.59 Å². The molecule has 4 rings (SSSR count). The van der Waals surface area contributed by atoms with Gasteiger partial charge >= 0.3 is 6.03 Å². The second-order valence-corrected chi connectivity index (χ2v) is 9.27. The van der Waals surface area contributed by atoms with E-state index in [9.17, 15) is 14.4 Å². The standard InChI is InChI=1S/C26H29N3O3/c1-6-28-22-12-9-18(13-20(22)17(3)15-26(28,4)5)14-21-23(30)27-25(32)29(24(21)31)19-10-7-16(2)8-11-19/h7-14,17H,6,15H2,1-5H3,(H,27,30,32)/b21-14+/t17-/m0/s1. The number of carbonyl (C=O) groups excluding carboxylic acids is 3. The van der Waals surface area contributed by atoms with Gasteiger partial charge in [0.2, 0.25) is 0 Å². The minimum Gasteiger partial charge on any atom is -0.366 e. The third-order valence-corrected chi connectivity index (χ3v) is 6.43. The van der Waals surface area contributed by atoms with Gasteiger partial charge in [-0.15, -0.1) is 0 Å². The molecule has 0 radical (unpaired) electrons. The van der Waals surface area contributed by atoms with E-state index in [1.807, 2.05) is 25.1 Å². The van der Waals surface area contributed by atoms with Gasteiger partial charge in [-0.25, -0.2) is 9.69 Å². The maximum Gasteiger partial charge on any atom is 0.335 e. The number of rotatable bonds is 3. The van der Waals surface area contributed by atoms with Crippen molar-refractivity contribution in [3.8, 4) is 0 Å². The summed E-state index contributed by atoms with van der Waals surface area (Å²) < 4.78 is 0. The molecule has 1 saturated heterocycles. The molecule has 4 amide bonds. The van der Waals surface area contributed by atoms with Gasteiger partial charge in [0.25, 0.3) is 11.8 Å². The summed E-state index contributed by atoms with van der Waals surface area (Å²) in [5, 5.41) is 2.29. The zero-order valence-corrected chi connectivity index (χ0v) is 19.2. The van der Waals surface area contributed by atoms with Gasteiger partial charge in [-0.05, 0) is 81.5 Å². The summed E-state index contributed by atoms with van der Waals surface area (Å²) in [4.78, 5) is 41.5. The highest BCUT2D eigenvalue weighted by atomic mass is 16.2. The Balaban J connectivity index is 1.72. The first-order valence-corrected chi connectivity index (χ1v) is 11.0. The molecule has 2 heterocycles. The number of nitrogens with zero attached hydrogens (tertiary/aromatic N) is 2. The van der Waals surface area contributed by atoms with Crippen molar-refractivity contribution in [1.82, 2.24) is 5.32 Å².